The molecule has 3 aromatic rings. The van der Waals surface area contributed by atoms with Crippen LogP contribution < -0.4 is 10.5 Å². The Hall–Kier alpha value is -3.08. The number of hydrogen-bond donors (Lipinski definition) is 1. The van der Waals surface area contributed by atoms with Crippen molar-refractivity contribution in [2.45, 2.75) is 31.8 Å². The third-order valence-electron chi connectivity index (χ3n) is 5.91. The van der Waals surface area contributed by atoms with Crippen LogP contribution in [0, 0.1) is 5.92 Å². The molecule has 5 rings (SSSR count). The summed E-state index contributed by atoms with van der Waals surface area (Å²) >= 11 is 0. The molecule has 5 nitrogen and oxygen atoms in total. The number of carbonyl (C=O) groups excluding carboxylic acids is 1. The molecule has 2 fully saturated rings. The molecule has 0 radical (unpaired) electrons. The predicted octanol–water partition coefficient (Wildman–Crippen LogP) is 4.26. The van der Waals surface area contributed by atoms with Gasteiger partial charge in [0.2, 0.25) is 5.91 Å². The Morgan fingerprint density at radius 1 is 0.931 bits per heavy atom. The van der Waals surface area contributed by atoms with Crippen molar-refractivity contribution in [2.75, 3.05) is 18.8 Å². The monoisotopic (exact) mass is 387 g/mol. The number of benzene rings is 2. The van der Waals surface area contributed by atoms with Crippen LogP contribution >= 0.6 is 0 Å². The molecule has 2 aliphatic rings. The molecule has 148 valence electrons. The summed E-state index contributed by atoms with van der Waals surface area (Å²) in [4.78, 5) is 18.3. The van der Waals surface area contributed by atoms with E-state index in [9.17, 15) is 4.79 Å². The second-order valence-electron chi connectivity index (χ2n) is 8.11. The molecule has 1 saturated carbocycles. The topological polar surface area (TPSA) is 68.5 Å². The Labute approximate surface area is 170 Å². The Morgan fingerprint density at radius 2 is 1.66 bits per heavy atom. The zero-order valence-corrected chi connectivity index (χ0v) is 16.4. The molecule has 2 N–H and O–H groups in total. The summed E-state index contributed by atoms with van der Waals surface area (Å²) in [5, 5.41) is 2.16. The first-order valence-electron chi connectivity index (χ1n) is 10.4. The number of aromatic nitrogens is 1. The molecule has 1 aromatic heterocycles. The highest BCUT2D eigenvalue weighted by Crippen LogP contribution is 2.32. The Balaban J connectivity index is 1.23. The summed E-state index contributed by atoms with van der Waals surface area (Å²) in [5.74, 6) is 2.07. The first-order chi connectivity index (χ1) is 14.2. The number of nitrogens with zero attached hydrogens (tertiary/aromatic N) is 2. The third-order valence-corrected chi connectivity index (χ3v) is 5.91. The number of anilines is 1. The molecular formula is C24H25N3O2. The smallest absolute Gasteiger partial charge is 0.225 e. The zero-order valence-electron chi connectivity index (χ0n) is 16.4. The lowest BCUT2D eigenvalue weighted by atomic mass is 10.0. The summed E-state index contributed by atoms with van der Waals surface area (Å²) in [6.07, 6.45) is 5.93. The molecule has 1 aliphatic carbocycles. The van der Waals surface area contributed by atoms with E-state index >= 15 is 0 Å². The molecule has 2 aromatic carbocycles. The standard InChI is InChI=1S/C24H25N3O2/c25-23-14-20-13-18(3-4-19(20)15-26-23)16-5-7-21(8-6-16)29-22-9-11-27(12-10-22)24(28)17-1-2-17/h3-8,13-15,17,22H,1-2,9-12H2,(H2,25,26). The van der Waals surface area contributed by atoms with Crippen molar-refractivity contribution < 1.29 is 9.53 Å². The Bertz CT molecular complexity index is 1040. The maximum absolute atomic E-state index is 12.2. The number of piperidine rings is 1. The molecule has 0 spiro atoms. The van der Waals surface area contributed by atoms with Gasteiger partial charge in [0.25, 0.3) is 0 Å². The van der Waals surface area contributed by atoms with Gasteiger partial charge in [-0.15, -0.1) is 0 Å². The van der Waals surface area contributed by atoms with Gasteiger partial charge >= 0.3 is 0 Å². The lowest BCUT2D eigenvalue weighted by molar-refractivity contribution is -0.134. The number of hydrogen-bond acceptors (Lipinski definition) is 4. The molecule has 1 amide bonds. The Morgan fingerprint density at radius 3 is 2.38 bits per heavy atom. The summed E-state index contributed by atoms with van der Waals surface area (Å²) < 4.78 is 6.17. The van der Waals surface area contributed by atoms with Gasteiger partial charge in [-0.3, -0.25) is 4.79 Å². The predicted molar refractivity (Wildman–Crippen MR) is 115 cm³/mol. The van der Waals surface area contributed by atoms with Crippen LogP contribution in [-0.2, 0) is 4.79 Å². The highest BCUT2D eigenvalue weighted by atomic mass is 16.5. The van der Waals surface area contributed by atoms with Crippen molar-refractivity contribution in [3.05, 3.63) is 54.7 Å². The van der Waals surface area contributed by atoms with E-state index in [0.29, 0.717) is 17.6 Å². The number of likely N-dealkylation sites (tertiary alicyclic amines) is 1. The van der Waals surface area contributed by atoms with Gasteiger partial charge in [0, 0.05) is 43.4 Å². The van der Waals surface area contributed by atoms with Crippen molar-refractivity contribution in [1.82, 2.24) is 9.88 Å². The van der Waals surface area contributed by atoms with Crippen LogP contribution in [0.25, 0.3) is 21.9 Å². The number of amides is 1. The minimum atomic E-state index is 0.181. The van der Waals surface area contributed by atoms with Crippen molar-refractivity contribution in [2.24, 2.45) is 5.92 Å². The molecule has 2 heterocycles. The molecule has 0 unspecified atom stereocenters. The van der Waals surface area contributed by atoms with Gasteiger partial charge in [-0.2, -0.15) is 0 Å². The van der Waals surface area contributed by atoms with Crippen LogP contribution in [0.3, 0.4) is 0 Å². The van der Waals surface area contributed by atoms with Gasteiger partial charge in [-0.05, 0) is 53.6 Å². The van der Waals surface area contributed by atoms with Gasteiger partial charge in [-0.1, -0.05) is 24.3 Å². The number of pyridine rings is 1. The van der Waals surface area contributed by atoms with Crippen molar-refractivity contribution in [3.63, 3.8) is 0 Å². The van der Waals surface area contributed by atoms with E-state index in [0.717, 1.165) is 66.4 Å². The van der Waals surface area contributed by atoms with Crippen molar-refractivity contribution in [1.29, 1.82) is 0 Å². The number of nitrogens with two attached hydrogens (primary N) is 1. The highest BCUT2D eigenvalue weighted by molar-refractivity contribution is 5.88. The summed E-state index contributed by atoms with van der Waals surface area (Å²) in [7, 11) is 0. The van der Waals surface area contributed by atoms with E-state index in [-0.39, 0.29) is 6.10 Å². The number of rotatable bonds is 4. The van der Waals surface area contributed by atoms with Gasteiger partial charge < -0.3 is 15.4 Å². The normalized spacial score (nSPS) is 17.4. The lowest BCUT2D eigenvalue weighted by Gasteiger charge is -2.32. The van der Waals surface area contributed by atoms with Gasteiger partial charge in [0.05, 0.1) is 0 Å². The van der Waals surface area contributed by atoms with Crippen LogP contribution in [0.4, 0.5) is 5.82 Å². The maximum Gasteiger partial charge on any atom is 0.225 e. The lowest BCUT2D eigenvalue weighted by Crippen LogP contribution is -2.42. The summed E-state index contributed by atoms with van der Waals surface area (Å²) in [5.41, 5.74) is 8.09. The number of ether oxygens (including phenoxy) is 1. The van der Waals surface area contributed by atoms with Crippen LogP contribution in [-0.4, -0.2) is 35.0 Å². The second-order valence-corrected chi connectivity index (χ2v) is 8.11. The van der Waals surface area contributed by atoms with Crippen molar-refractivity contribution >= 4 is 22.5 Å². The molecule has 0 atom stereocenters. The highest BCUT2D eigenvalue weighted by Gasteiger charge is 2.35. The van der Waals surface area contributed by atoms with E-state index in [4.69, 9.17) is 10.5 Å². The van der Waals surface area contributed by atoms with Crippen molar-refractivity contribution in [3.8, 4) is 16.9 Å². The largest absolute Gasteiger partial charge is 0.490 e. The molecule has 29 heavy (non-hydrogen) atoms. The quantitative estimate of drug-likeness (QED) is 0.726. The van der Waals surface area contributed by atoms with Crippen LogP contribution in [0.2, 0.25) is 0 Å². The van der Waals surface area contributed by atoms with Crippen LogP contribution in [0.1, 0.15) is 25.7 Å². The molecule has 5 heteroatoms. The van der Waals surface area contributed by atoms with E-state index < -0.39 is 0 Å². The van der Waals surface area contributed by atoms with Gasteiger partial charge in [0.1, 0.15) is 17.7 Å². The van der Waals surface area contributed by atoms with E-state index in [1.165, 1.54) is 0 Å². The zero-order chi connectivity index (χ0) is 19.8. The summed E-state index contributed by atoms with van der Waals surface area (Å²) in [6, 6.07) is 16.4. The number of fused-ring (bicyclic) bond motifs is 1. The maximum atomic E-state index is 12.2. The summed E-state index contributed by atoms with van der Waals surface area (Å²) in [6.45, 7) is 1.63. The fourth-order valence-corrected chi connectivity index (χ4v) is 4.04. The van der Waals surface area contributed by atoms with Gasteiger partial charge in [-0.25, -0.2) is 4.98 Å². The number of carbonyl (C=O) groups is 1. The molecule has 0 bridgehead atoms. The molecular weight excluding hydrogens is 362 g/mol. The minimum absolute atomic E-state index is 0.181. The fourth-order valence-electron chi connectivity index (χ4n) is 4.04. The average Bonchev–Trinajstić information content (AvgIpc) is 3.59. The third kappa shape index (κ3) is 3.90. The minimum Gasteiger partial charge on any atom is -0.490 e. The molecule has 1 aliphatic heterocycles. The van der Waals surface area contributed by atoms with Crippen LogP contribution in [0.15, 0.2) is 54.7 Å². The fraction of sp³-hybridized carbons (Fsp3) is 0.333. The SMILES string of the molecule is Nc1cc2cc(-c3ccc(OC4CCN(C(=O)C5CC5)CC4)cc3)ccc2cn1. The van der Waals surface area contributed by atoms with E-state index in [2.05, 4.69) is 35.3 Å². The first kappa shape index (κ1) is 18.0. The van der Waals surface area contributed by atoms with Gasteiger partial charge in [0.15, 0.2) is 0 Å². The Kier molecular flexibility index (Phi) is 4.58. The first-order valence-corrected chi connectivity index (χ1v) is 10.4. The number of nitrogen functional groups attached to an aromatic ring is 1. The van der Waals surface area contributed by atoms with E-state index in [1.807, 2.05) is 23.1 Å². The second kappa shape index (κ2) is 7.39. The average molecular weight is 387 g/mol. The van der Waals surface area contributed by atoms with Crippen LogP contribution in [0.5, 0.6) is 5.75 Å². The molecule has 1 saturated heterocycles. The van der Waals surface area contributed by atoms with E-state index in [1.54, 1.807) is 6.20 Å².